The first-order valence-corrected chi connectivity index (χ1v) is 7.98. The molecule has 1 N–H and O–H groups in total. The molecule has 0 saturated heterocycles. The number of nitrogens with one attached hydrogen (secondary N) is 1. The maximum Gasteiger partial charge on any atom is 0.153 e. The van der Waals surface area contributed by atoms with Gasteiger partial charge in [0.2, 0.25) is 0 Å². The van der Waals surface area contributed by atoms with Crippen LogP contribution in [0.25, 0.3) is 11.3 Å². The van der Waals surface area contributed by atoms with Crippen LogP contribution in [0, 0.1) is 0 Å². The Hall–Kier alpha value is -2.88. The molecule has 0 radical (unpaired) electrons. The molecule has 0 aliphatic heterocycles. The number of hydrogen-bond donors (Lipinski definition) is 1. The van der Waals surface area contributed by atoms with Crippen LogP contribution in [0.15, 0.2) is 54.7 Å². The molecule has 0 aliphatic rings. The second kappa shape index (κ2) is 7.13. The summed E-state index contributed by atoms with van der Waals surface area (Å²) in [5, 5.41) is 6.91. The van der Waals surface area contributed by atoms with Gasteiger partial charge in [-0.1, -0.05) is 50.2 Å². The number of aromatic nitrogens is 2. The first kappa shape index (κ1) is 16.0. The normalized spacial score (nSPS) is 10.8. The van der Waals surface area contributed by atoms with E-state index in [1.807, 2.05) is 36.4 Å². The Morgan fingerprint density at radius 2 is 1.96 bits per heavy atom. The van der Waals surface area contributed by atoms with Crippen molar-refractivity contribution in [1.29, 1.82) is 0 Å². The Morgan fingerprint density at radius 1 is 1.17 bits per heavy atom. The molecule has 0 saturated carbocycles. The number of hydrogen-bond acceptors (Lipinski definition) is 3. The third-order valence-electron chi connectivity index (χ3n) is 3.97. The number of H-pyrrole nitrogens is 1. The number of ether oxygens (including phenoxy) is 1. The maximum absolute atomic E-state index is 11.3. The molecule has 1 aromatic heterocycles. The minimum Gasteiger partial charge on any atom is -0.488 e. The zero-order valence-corrected chi connectivity index (χ0v) is 13.8. The van der Waals surface area contributed by atoms with Gasteiger partial charge in [-0.15, -0.1) is 0 Å². The summed E-state index contributed by atoms with van der Waals surface area (Å²) in [5.74, 6) is 1.12. The van der Waals surface area contributed by atoms with E-state index in [1.54, 1.807) is 0 Å². The quantitative estimate of drug-likeness (QED) is 0.676. The van der Waals surface area contributed by atoms with E-state index in [9.17, 15) is 4.79 Å². The van der Waals surface area contributed by atoms with Crippen molar-refractivity contribution in [1.82, 2.24) is 10.2 Å². The molecule has 2 aromatic carbocycles. The van der Waals surface area contributed by atoms with Crippen LogP contribution in [0.3, 0.4) is 0 Å². The first-order chi connectivity index (χ1) is 11.7. The summed E-state index contributed by atoms with van der Waals surface area (Å²) in [6, 6.07) is 16.1. The summed E-state index contributed by atoms with van der Waals surface area (Å²) in [6.45, 7) is 4.74. The molecule has 122 valence electrons. The van der Waals surface area contributed by atoms with Crippen LogP contribution in [-0.4, -0.2) is 16.5 Å². The van der Waals surface area contributed by atoms with Crippen molar-refractivity contribution in [3.8, 4) is 17.0 Å². The molecule has 0 spiro atoms. The van der Waals surface area contributed by atoms with E-state index >= 15 is 0 Å². The van der Waals surface area contributed by atoms with Gasteiger partial charge in [0, 0.05) is 5.56 Å². The lowest BCUT2D eigenvalue weighted by Crippen LogP contribution is -1.99. The third kappa shape index (κ3) is 3.38. The van der Waals surface area contributed by atoms with Crippen LogP contribution < -0.4 is 4.74 Å². The minimum atomic E-state index is 0.384. The van der Waals surface area contributed by atoms with Crippen molar-refractivity contribution in [2.24, 2.45) is 0 Å². The van der Waals surface area contributed by atoms with E-state index in [1.165, 1.54) is 11.8 Å². The fourth-order valence-corrected chi connectivity index (χ4v) is 2.56. The molecule has 0 aliphatic carbocycles. The van der Waals surface area contributed by atoms with Gasteiger partial charge >= 0.3 is 0 Å². The van der Waals surface area contributed by atoms with Crippen molar-refractivity contribution in [2.45, 2.75) is 26.4 Å². The molecule has 4 heteroatoms. The number of benzene rings is 2. The summed E-state index contributed by atoms with van der Waals surface area (Å²) in [7, 11) is 0. The van der Waals surface area contributed by atoms with Crippen LogP contribution >= 0.6 is 0 Å². The lowest BCUT2D eigenvalue weighted by molar-refractivity contribution is 0.112. The van der Waals surface area contributed by atoms with Crippen LogP contribution in [-0.2, 0) is 6.61 Å². The summed E-state index contributed by atoms with van der Waals surface area (Å²) >= 11 is 0. The molecule has 3 rings (SSSR count). The van der Waals surface area contributed by atoms with Crippen LogP contribution in [0.1, 0.15) is 41.3 Å². The Labute approximate surface area is 141 Å². The minimum absolute atomic E-state index is 0.384. The van der Waals surface area contributed by atoms with Crippen molar-refractivity contribution in [2.75, 3.05) is 0 Å². The Kier molecular flexibility index (Phi) is 4.75. The molecule has 3 aromatic rings. The number of nitrogens with zero attached hydrogens (tertiary/aromatic N) is 1. The number of aromatic amines is 1. The smallest absolute Gasteiger partial charge is 0.153 e. The van der Waals surface area contributed by atoms with Gasteiger partial charge in [0.15, 0.2) is 6.29 Å². The summed E-state index contributed by atoms with van der Waals surface area (Å²) in [6.07, 6.45) is 2.34. The maximum atomic E-state index is 11.3. The Morgan fingerprint density at radius 3 is 2.67 bits per heavy atom. The summed E-state index contributed by atoms with van der Waals surface area (Å²) in [4.78, 5) is 11.3. The molecule has 0 unspecified atom stereocenters. The average molecular weight is 320 g/mol. The molecule has 4 nitrogen and oxygen atoms in total. The molecule has 1 heterocycles. The van der Waals surface area contributed by atoms with E-state index in [0.29, 0.717) is 23.8 Å². The fourth-order valence-electron chi connectivity index (χ4n) is 2.56. The van der Waals surface area contributed by atoms with E-state index in [4.69, 9.17) is 4.74 Å². The van der Waals surface area contributed by atoms with Crippen LogP contribution in [0.2, 0.25) is 0 Å². The van der Waals surface area contributed by atoms with Crippen molar-refractivity contribution < 1.29 is 9.53 Å². The topological polar surface area (TPSA) is 55.0 Å². The van der Waals surface area contributed by atoms with Gasteiger partial charge in [0.25, 0.3) is 0 Å². The van der Waals surface area contributed by atoms with Crippen molar-refractivity contribution in [3.05, 3.63) is 71.4 Å². The predicted octanol–water partition coefficient (Wildman–Crippen LogP) is 4.59. The molecule has 24 heavy (non-hydrogen) atoms. The Balaban J connectivity index is 1.97. The van der Waals surface area contributed by atoms with E-state index < -0.39 is 0 Å². The molecular formula is C20H20N2O2. The van der Waals surface area contributed by atoms with Crippen LogP contribution in [0.4, 0.5) is 0 Å². The zero-order valence-electron chi connectivity index (χ0n) is 13.8. The third-order valence-corrected chi connectivity index (χ3v) is 3.97. The number of carbonyl (C=O) groups excluding carboxylic acids is 1. The van der Waals surface area contributed by atoms with Crippen LogP contribution in [0.5, 0.6) is 5.75 Å². The highest BCUT2D eigenvalue weighted by atomic mass is 16.5. The van der Waals surface area contributed by atoms with Gasteiger partial charge in [0.1, 0.15) is 12.4 Å². The fraction of sp³-hybridized carbons (Fsp3) is 0.200. The highest BCUT2D eigenvalue weighted by molar-refractivity contribution is 5.87. The van der Waals surface area contributed by atoms with E-state index in [-0.39, 0.29) is 0 Å². The average Bonchev–Trinajstić information content (AvgIpc) is 3.09. The standard InChI is InChI=1S/C20H20N2O2/c1-14(2)16-8-9-19(24-13-15-6-4-3-5-7-15)18(10-16)20-17(12-23)11-21-22-20/h3-12,14H,13H2,1-2H3,(H,21,22). The molecule has 0 fully saturated rings. The van der Waals surface area contributed by atoms with Gasteiger partial charge in [-0.3, -0.25) is 9.89 Å². The summed E-state index contributed by atoms with van der Waals surface area (Å²) in [5.41, 5.74) is 4.35. The highest BCUT2D eigenvalue weighted by Crippen LogP contribution is 2.33. The summed E-state index contributed by atoms with van der Waals surface area (Å²) < 4.78 is 6.02. The Bertz CT molecular complexity index is 823. The predicted molar refractivity (Wildman–Crippen MR) is 94.3 cm³/mol. The van der Waals surface area contributed by atoms with E-state index in [2.05, 4.69) is 36.2 Å². The van der Waals surface area contributed by atoms with Crippen molar-refractivity contribution >= 4 is 6.29 Å². The van der Waals surface area contributed by atoms with Gasteiger partial charge < -0.3 is 4.74 Å². The lowest BCUT2D eigenvalue weighted by atomic mass is 9.98. The zero-order chi connectivity index (χ0) is 16.9. The highest BCUT2D eigenvalue weighted by Gasteiger charge is 2.15. The second-order valence-electron chi connectivity index (χ2n) is 6.00. The molecule has 0 atom stereocenters. The number of aldehydes is 1. The van der Waals surface area contributed by atoms with E-state index in [0.717, 1.165) is 23.2 Å². The molecule has 0 bridgehead atoms. The van der Waals surface area contributed by atoms with Gasteiger partial charge in [-0.2, -0.15) is 5.10 Å². The van der Waals surface area contributed by atoms with Gasteiger partial charge in [-0.05, 0) is 29.2 Å². The lowest BCUT2D eigenvalue weighted by Gasteiger charge is -2.14. The van der Waals surface area contributed by atoms with Crippen molar-refractivity contribution in [3.63, 3.8) is 0 Å². The first-order valence-electron chi connectivity index (χ1n) is 7.98. The largest absolute Gasteiger partial charge is 0.488 e. The van der Waals surface area contributed by atoms with Gasteiger partial charge in [-0.25, -0.2) is 0 Å². The molecular weight excluding hydrogens is 300 g/mol. The number of carbonyl (C=O) groups is 1. The van der Waals surface area contributed by atoms with Gasteiger partial charge in [0.05, 0.1) is 17.5 Å². The monoisotopic (exact) mass is 320 g/mol. The molecule has 0 amide bonds. The SMILES string of the molecule is CC(C)c1ccc(OCc2ccccc2)c(-c2[nH]ncc2C=O)c1. The second-order valence-corrected chi connectivity index (χ2v) is 6.00. The number of rotatable bonds is 6.